The van der Waals surface area contributed by atoms with Gasteiger partial charge in [-0.3, -0.25) is 9.69 Å². The van der Waals surface area contributed by atoms with Crippen LogP contribution < -0.4 is 0 Å². The summed E-state index contributed by atoms with van der Waals surface area (Å²) < 4.78 is 0.288. The first-order valence-electron chi connectivity index (χ1n) is 4.60. The third-order valence-corrected chi connectivity index (χ3v) is 3.36. The fourth-order valence-electron chi connectivity index (χ4n) is 1.12. The molecule has 1 fully saturated rings. The fourth-order valence-corrected chi connectivity index (χ4v) is 2.49. The van der Waals surface area contributed by atoms with Gasteiger partial charge in [-0.1, -0.05) is 36.1 Å². The molecule has 0 aromatic rings. The second-order valence-corrected chi connectivity index (χ2v) is 4.79. The van der Waals surface area contributed by atoms with E-state index >= 15 is 0 Å². The van der Waals surface area contributed by atoms with Gasteiger partial charge in [0.05, 0.1) is 4.91 Å². The third kappa shape index (κ3) is 2.51. The van der Waals surface area contributed by atoms with Crippen molar-refractivity contribution in [2.24, 2.45) is 0 Å². The van der Waals surface area contributed by atoms with E-state index in [4.69, 9.17) is 17.3 Å². The molecule has 4 nitrogen and oxygen atoms in total. The minimum atomic E-state index is -1.07. The highest BCUT2D eigenvalue weighted by Gasteiger charge is 2.37. The molecule has 1 aliphatic rings. The number of aliphatic carboxylic acids is 1. The predicted octanol–water partition coefficient (Wildman–Crippen LogP) is 1.78. The number of hydrogen-bond acceptors (Lipinski definition) is 4. The Hall–Kier alpha value is -1.14. The molecule has 1 rings (SSSR count). The van der Waals surface area contributed by atoms with Crippen LogP contribution in [0.2, 0.25) is 0 Å². The highest BCUT2D eigenvalue weighted by Crippen LogP contribution is 2.32. The van der Waals surface area contributed by atoms with Crippen LogP contribution in [0.5, 0.6) is 0 Å². The molecule has 1 aliphatic heterocycles. The number of carbonyl (C=O) groups is 2. The average molecular weight is 257 g/mol. The van der Waals surface area contributed by atoms with E-state index in [1.807, 2.05) is 6.92 Å². The number of nitrogens with zero attached hydrogens (tertiary/aromatic N) is 1. The van der Waals surface area contributed by atoms with Crippen LogP contribution in [-0.4, -0.2) is 32.2 Å². The fraction of sp³-hybridized carbons (Fsp3) is 0.300. The highest BCUT2D eigenvalue weighted by atomic mass is 32.2. The SMILES string of the molecule is C/C=C/C=C1\SC(=S)N([C@H](C)C(=O)O)C1=O. The zero-order chi connectivity index (χ0) is 12.3. The van der Waals surface area contributed by atoms with Gasteiger partial charge in [0.2, 0.25) is 0 Å². The van der Waals surface area contributed by atoms with Crippen LogP contribution in [0.4, 0.5) is 0 Å². The Morgan fingerprint density at radius 2 is 2.25 bits per heavy atom. The molecule has 6 heteroatoms. The first-order chi connectivity index (χ1) is 7.49. The Morgan fingerprint density at radius 1 is 1.62 bits per heavy atom. The number of carboxylic acids is 1. The van der Waals surface area contributed by atoms with Crippen LogP contribution in [0.15, 0.2) is 23.1 Å². The van der Waals surface area contributed by atoms with Gasteiger partial charge in [0.25, 0.3) is 5.91 Å². The maximum Gasteiger partial charge on any atom is 0.326 e. The number of amides is 1. The standard InChI is InChI=1S/C10H11NO3S2/c1-3-4-5-7-8(12)11(10(15)16-7)6(2)9(13)14/h3-6H,1-2H3,(H,13,14)/b4-3+,7-5-/t6-/m1/s1. The normalized spacial score (nSPS) is 21.1. The summed E-state index contributed by atoms with van der Waals surface area (Å²) in [6.07, 6.45) is 5.14. The molecule has 0 aromatic carbocycles. The van der Waals surface area contributed by atoms with Gasteiger partial charge in [-0.25, -0.2) is 4.79 Å². The van der Waals surface area contributed by atoms with Crippen molar-refractivity contribution in [1.82, 2.24) is 4.90 Å². The molecule has 0 spiro atoms. The number of rotatable bonds is 3. The summed E-state index contributed by atoms with van der Waals surface area (Å²) in [5.74, 6) is -1.41. The molecule has 86 valence electrons. The van der Waals surface area contributed by atoms with Crippen molar-refractivity contribution in [1.29, 1.82) is 0 Å². The van der Waals surface area contributed by atoms with Crippen molar-refractivity contribution in [2.75, 3.05) is 0 Å². The number of hydrogen-bond donors (Lipinski definition) is 1. The average Bonchev–Trinajstić information content (AvgIpc) is 2.50. The second kappa shape index (κ2) is 5.27. The molecule has 1 heterocycles. The van der Waals surface area contributed by atoms with Crippen molar-refractivity contribution in [3.63, 3.8) is 0 Å². The molecule has 1 saturated heterocycles. The first kappa shape index (κ1) is 12.9. The lowest BCUT2D eigenvalue weighted by Crippen LogP contribution is -2.41. The van der Waals surface area contributed by atoms with Gasteiger partial charge in [0.1, 0.15) is 10.4 Å². The Labute approximate surface area is 103 Å². The number of carboxylic acid groups (broad SMARTS) is 1. The van der Waals surface area contributed by atoms with Crippen LogP contribution in [0.3, 0.4) is 0 Å². The summed E-state index contributed by atoms with van der Waals surface area (Å²) in [5.41, 5.74) is 0. The third-order valence-electron chi connectivity index (χ3n) is 2.01. The van der Waals surface area contributed by atoms with Gasteiger partial charge in [0.15, 0.2) is 0 Å². The minimum Gasteiger partial charge on any atom is -0.480 e. The van der Waals surface area contributed by atoms with Crippen LogP contribution in [0, 0.1) is 0 Å². The molecule has 0 saturated carbocycles. The Balaban J connectivity index is 2.96. The van der Waals surface area contributed by atoms with Crippen LogP contribution >= 0.6 is 24.0 Å². The summed E-state index contributed by atoms with van der Waals surface area (Å²) in [7, 11) is 0. The molecule has 0 bridgehead atoms. The van der Waals surface area contributed by atoms with E-state index in [1.54, 1.807) is 18.2 Å². The quantitative estimate of drug-likeness (QED) is 0.617. The van der Waals surface area contributed by atoms with Gasteiger partial charge in [-0.05, 0) is 19.9 Å². The molecule has 0 radical (unpaired) electrons. The van der Waals surface area contributed by atoms with Crippen LogP contribution in [0.25, 0.3) is 0 Å². The number of allylic oxidation sites excluding steroid dienone is 3. The Kier molecular flexibility index (Phi) is 4.26. The molecule has 0 unspecified atom stereocenters. The summed E-state index contributed by atoms with van der Waals surface area (Å²) in [4.78, 5) is 24.2. The van der Waals surface area contributed by atoms with E-state index in [0.717, 1.165) is 16.7 Å². The molecule has 1 atom stereocenters. The molecule has 1 amide bonds. The molecule has 0 aliphatic carbocycles. The van der Waals surface area contributed by atoms with E-state index in [0.29, 0.717) is 4.91 Å². The van der Waals surface area contributed by atoms with Gasteiger partial charge in [-0.2, -0.15) is 0 Å². The van der Waals surface area contributed by atoms with E-state index in [9.17, 15) is 9.59 Å². The molecular weight excluding hydrogens is 246 g/mol. The lowest BCUT2D eigenvalue weighted by molar-refractivity contribution is -0.144. The predicted molar refractivity (Wildman–Crippen MR) is 67.0 cm³/mol. The Bertz CT molecular complexity index is 401. The summed E-state index contributed by atoms with van der Waals surface area (Å²) >= 11 is 6.10. The largest absolute Gasteiger partial charge is 0.480 e. The van der Waals surface area contributed by atoms with Gasteiger partial charge in [0, 0.05) is 0 Å². The maximum atomic E-state index is 11.8. The monoisotopic (exact) mass is 257 g/mol. The van der Waals surface area contributed by atoms with E-state index < -0.39 is 12.0 Å². The lowest BCUT2D eigenvalue weighted by atomic mass is 10.3. The zero-order valence-electron chi connectivity index (χ0n) is 8.84. The number of thiocarbonyl (C=S) groups is 1. The topological polar surface area (TPSA) is 57.6 Å². The van der Waals surface area contributed by atoms with Gasteiger partial charge >= 0.3 is 5.97 Å². The minimum absolute atomic E-state index is 0.288. The zero-order valence-corrected chi connectivity index (χ0v) is 10.5. The molecular formula is C10H11NO3S2. The van der Waals surface area contributed by atoms with Crippen molar-refractivity contribution >= 4 is 40.2 Å². The Morgan fingerprint density at radius 3 is 2.75 bits per heavy atom. The van der Waals surface area contributed by atoms with Crippen LogP contribution in [-0.2, 0) is 9.59 Å². The summed E-state index contributed by atoms with van der Waals surface area (Å²) in [6.45, 7) is 3.27. The lowest BCUT2D eigenvalue weighted by Gasteiger charge is -2.18. The number of thioether (sulfide) groups is 1. The number of carbonyl (C=O) groups excluding carboxylic acids is 1. The molecule has 1 N–H and O–H groups in total. The summed E-state index contributed by atoms with van der Waals surface area (Å²) in [6, 6.07) is -0.927. The van der Waals surface area contributed by atoms with E-state index in [2.05, 4.69) is 0 Å². The highest BCUT2D eigenvalue weighted by molar-refractivity contribution is 8.26. The van der Waals surface area contributed by atoms with Gasteiger partial charge < -0.3 is 5.11 Å². The van der Waals surface area contributed by atoms with E-state index in [-0.39, 0.29) is 10.2 Å². The smallest absolute Gasteiger partial charge is 0.326 e. The van der Waals surface area contributed by atoms with Crippen LogP contribution in [0.1, 0.15) is 13.8 Å². The van der Waals surface area contributed by atoms with Crippen molar-refractivity contribution in [3.05, 3.63) is 23.1 Å². The van der Waals surface area contributed by atoms with Gasteiger partial charge in [-0.15, -0.1) is 0 Å². The van der Waals surface area contributed by atoms with Crippen molar-refractivity contribution in [2.45, 2.75) is 19.9 Å². The van der Waals surface area contributed by atoms with E-state index in [1.165, 1.54) is 6.92 Å². The first-order valence-corrected chi connectivity index (χ1v) is 5.82. The summed E-state index contributed by atoms with van der Waals surface area (Å²) in [5, 5.41) is 8.84. The maximum absolute atomic E-state index is 11.8. The van der Waals surface area contributed by atoms with Crippen molar-refractivity contribution in [3.8, 4) is 0 Å². The molecule has 0 aromatic heterocycles. The second-order valence-electron chi connectivity index (χ2n) is 3.11. The molecule has 16 heavy (non-hydrogen) atoms. The van der Waals surface area contributed by atoms with Crippen molar-refractivity contribution < 1.29 is 14.7 Å².